The zero-order valence-electron chi connectivity index (χ0n) is 35.7. The Bertz CT molecular complexity index is 3010. The molecule has 0 aliphatic heterocycles. The Morgan fingerprint density at radius 1 is 0.322 bits per heavy atom. The van der Waals surface area contributed by atoms with Crippen molar-refractivity contribution in [3.05, 3.63) is 115 Å². The first kappa shape index (κ1) is 38.5. The highest BCUT2D eigenvalue weighted by atomic mass is 16.3. The summed E-state index contributed by atoms with van der Waals surface area (Å²) in [6.45, 7) is 0. The minimum absolute atomic E-state index is 0.635. The lowest BCUT2D eigenvalue weighted by Crippen LogP contribution is -2.55. The lowest BCUT2D eigenvalue weighted by Gasteiger charge is -2.22. The van der Waals surface area contributed by atoms with E-state index in [0.29, 0.717) is 17.5 Å². The molecule has 4 nitrogen and oxygen atoms in total. The molecule has 0 aliphatic rings. The predicted octanol–water partition coefficient (Wildman–Crippen LogP) is -5.64. The van der Waals surface area contributed by atoms with Crippen molar-refractivity contribution in [2.75, 3.05) is 0 Å². The van der Waals surface area contributed by atoms with Crippen molar-refractivity contribution < 1.29 is 4.42 Å². The van der Waals surface area contributed by atoms with Crippen LogP contribution >= 0.6 is 0 Å². The van der Waals surface area contributed by atoms with E-state index in [4.69, 9.17) is 19.4 Å². The molecule has 2 aromatic heterocycles. The monoisotopic (exact) mass is 747 g/mol. The smallest absolute Gasteiger partial charge is 0.164 e. The van der Waals surface area contributed by atoms with Gasteiger partial charge < -0.3 is 4.42 Å². The summed E-state index contributed by atoms with van der Waals surface area (Å²) in [5, 5.41) is 2.03. The third kappa shape index (κ3) is 6.54. The molecule has 0 aliphatic carbocycles. The zero-order valence-corrected chi connectivity index (χ0v) is 35.7. The van der Waals surface area contributed by atoms with Gasteiger partial charge in [0, 0.05) is 27.5 Å². The number of fused-ring (bicyclic) bond motifs is 3. The van der Waals surface area contributed by atoms with Crippen LogP contribution in [-0.2, 0) is 0 Å². The molecule has 0 saturated heterocycles. The van der Waals surface area contributed by atoms with E-state index in [1.54, 1.807) is 0 Å². The van der Waals surface area contributed by atoms with Crippen LogP contribution in [0.15, 0.2) is 120 Å². The Balaban J connectivity index is 1.19. The predicted molar refractivity (Wildman–Crippen MR) is 282 cm³/mol. The van der Waals surface area contributed by atoms with Crippen molar-refractivity contribution in [2.24, 2.45) is 0 Å². The molecular weight excluding hydrogens is 707 g/mol. The van der Waals surface area contributed by atoms with Gasteiger partial charge in [-0.25, -0.2) is 15.0 Å². The van der Waals surface area contributed by atoms with Crippen LogP contribution in [0.2, 0.25) is 0 Å². The third-order valence-corrected chi connectivity index (χ3v) is 13.4. The zero-order chi connectivity index (χ0) is 41.3. The summed E-state index contributed by atoms with van der Waals surface area (Å²) in [4.78, 5) is 16.1. The molecule has 0 saturated carbocycles. The van der Waals surface area contributed by atoms with Crippen molar-refractivity contribution in [1.82, 2.24) is 15.0 Å². The SMILES string of the molecule is Bc1c(B)c(B)c(-c2nc(-c3c(B)c(B)c(B)c(B)c3B)nc(-c3cccc4oc5ccc(-c6ccc(-c7ccc(-c8ccccc8)cc7)cc6)cc5c34)n2)c(B)c1B. The van der Waals surface area contributed by atoms with E-state index in [2.05, 4.69) is 182 Å². The molecule has 0 radical (unpaired) electrons. The fourth-order valence-electron chi connectivity index (χ4n) is 8.92. The van der Waals surface area contributed by atoms with Gasteiger partial charge in [-0.15, -0.1) is 32.8 Å². The van der Waals surface area contributed by atoms with E-state index >= 15 is 0 Å². The third-order valence-electron chi connectivity index (χ3n) is 13.4. The summed E-state index contributed by atoms with van der Waals surface area (Å²) >= 11 is 0. The van der Waals surface area contributed by atoms with Gasteiger partial charge >= 0.3 is 0 Å². The second-order valence-electron chi connectivity index (χ2n) is 16.3. The standard InChI is InChI=1S/C45H39B10N3O/c46-33-31(34(47)38(51)41(54)37(33)50)44-56-43(57-45(58-44)32-35(48)39(52)42(55)40(53)36(32)49)26-7-4-8-29-30(26)27-19-25(17-18-28(27)59-29)24-15-13-23(14-16-24)22-11-9-21(10-12-22)20-5-2-1-3-6-20/h1-19H,46-55H2. The summed E-state index contributed by atoms with van der Waals surface area (Å²) in [6.07, 6.45) is 0. The molecule has 0 bridgehead atoms. The lowest BCUT2D eigenvalue weighted by molar-refractivity contribution is 0.669. The first-order valence-electron chi connectivity index (χ1n) is 20.5. The highest BCUT2D eigenvalue weighted by Gasteiger charge is 2.23. The summed E-state index contributed by atoms with van der Waals surface area (Å²) in [7, 11) is 22.0. The van der Waals surface area contributed by atoms with Crippen LogP contribution in [0.4, 0.5) is 0 Å². The van der Waals surface area contributed by atoms with Crippen molar-refractivity contribution in [1.29, 1.82) is 0 Å². The van der Waals surface area contributed by atoms with Crippen molar-refractivity contribution in [3.63, 3.8) is 0 Å². The fourth-order valence-corrected chi connectivity index (χ4v) is 8.92. The summed E-state index contributed by atoms with van der Waals surface area (Å²) in [6, 6.07) is 40.8. The number of nitrogens with zero attached hydrogens (tertiary/aromatic N) is 3. The first-order chi connectivity index (χ1) is 28.4. The summed E-state index contributed by atoms with van der Waals surface area (Å²) in [5.41, 5.74) is 24.3. The number of rotatable bonds is 6. The van der Waals surface area contributed by atoms with Gasteiger partial charge in [-0.2, -0.15) is 0 Å². The average molecular weight is 746 g/mol. The van der Waals surface area contributed by atoms with Gasteiger partial charge in [0.2, 0.25) is 0 Å². The van der Waals surface area contributed by atoms with Crippen molar-refractivity contribution in [3.8, 4) is 67.5 Å². The van der Waals surface area contributed by atoms with Crippen LogP contribution in [0.1, 0.15) is 0 Å². The topological polar surface area (TPSA) is 51.8 Å². The van der Waals surface area contributed by atoms with Gasteiger partial charge in [0.1, 0.15) is 89.6 Å². The van der Waals surface area contributed by atoms with Crippen LogP contribution < -0.4 is 54.6 Å². The molecule has 2 heterocycles. The lowest BCUT2D eigenvalue weighted by atomic mass is 9.60. The van der Waals surface area contributed by atoms with Crippen molar-refractivity contribution in [2.45, 2.75) is 0 Å². The Morgan fingerprint density at radius 3 is 1.19 bits per heavy atom. The highest BCUT2D eigenvalue weighted by molar-refractivity contribution is 6.69. The summed E-state index contributed by atoms with van der Waals surface area (Å²) < 4.78 is 6.55. The molecule has 0 unspecified atom stereocenters. The minimum Gasteiger partial charge on any atom is -0.456 e. The number of hydrogen-bond acceptors (Lipinski definition) is 4. The van der Waals surface area contributed by atoms with Gasteiger partial charge in [0.15, 0.2) is 17.5 Å². The molecule has 0 spiro atoms. The molecule has 9 rings (SSSR count). The van der Waals surface area contributed by atoms with Gasteiger partial charge in [0.25, 0.3) is 0 Å². The van der Waals surface area contributed by atoms with Gasteiger partial charge in [-0.05, 0) is 51.6 Å². The number of benzene rings is 7. The molecule has 0 amide bonds. The van der Waals surface area contributed by atoms with Crippen LogP contribution in [0.5, 0.6) is 0 Å². The van der Waals surface area contributed by atoms with E-state index in [-0.39, 0.29) is 0 Å². The molecule has 0 atom stereocenters. The van der Waals surface area contributed by atoms with Gasteiger partial charge in [-0.3, -0.25) is 0 Å². The molecule has 0 fully saturated rings. The Kier molecular flexibility index (Phi) is 9.78. The number of furan rings is 1. The fraction of sp³-hybridized carbons (Fsp3) is 0. The average Bonchev–Trinajstić information content (AvgIpc) is 3.65. The van der Waals surface area contributed by atoms with E-state index in [1.165, 1.54) is 76.9 Å². The summed E-state index contributed by atoms with van der Waals surface area (Å²) in [5.74, 6) is 2.03. The number of aromatic nitrogens is 3. The van der Waals surface area contributed by atoms with E-state index < -0.39 is 0 Å². The normalized spacial score (nSPS) is 11.4. The van der Waals surface area contributed by atoms with Crippen LogP contribution in [-0.4, -0.2) is 93.4 Å². The molecule has 7 aromatic carbocycles. The quantitative estimate of drug-likeness (QED) is 0.160. The molecule has 14 heteroatoms. The van der Waals surface area contributed by atoms with Gasteiger partial charge in [0.05, 0.1) is 0 Å². The largest absolute Gasteiger partial charge is 0.456 e. The maximum Gasteiger partial charge on any atom is 0.164 e. The van der Waals surface area contributed by atoms with Gasteiger partial charge in [-0.1, -0.05) is 119 Å². The van der Waals surface area contributed by atoms with Crippen LogP contribution in [0.3, 0.4) is 0 Å². The molecule has 9 aromatic rings. The van der Waals surface area contributed by atoms with Crippen LogP contribution in [0, 0.1) is 0 Å². The van der Waals surface area contributed by atoms with Crippen molar-refractivity contribution >= 4 is 155 Å². The number of hydrogen-bond donors (Lipinski definition) is 0. The molecule has 59 heavy (non-hydrogen) atoms. The second-order valence-corrected chi connectivity index (χ2v) is 16.3. The van der Waals surface area contributed by atoms with E-state index in [9.17, 15) is 0 Å². The Labute approximate surface area is 355 Å². The highest BCUT2D eigenvalue weighted by Crippen LogP contribution is 2.38. The van der Waals surface area contributed by atoms with E-state index in [0.717, 1.165) is 49.8 Å². The maximum absolute atomic E-state index is 6.55. The molecule has 270 valence electrons. The van der Waals surface area contributed by atoms with Crippen LogP contribution in [0.25, 0.3) is 89.5 Å². The first-order valence-corrected chi connectivity index (χ1v) is 20.5. The second kappa shape index (κ2) is 15.0. The molecular formula is C45H39B10N3O. The minimum atomic E-state index is 0.635. The maximum atomic E-state index is 6.55. The Morgan fingerprint density at radius 2 is 0.712 bits per heavy atom. The van der Waals surface area contributed by atoms with E-state index in [1.807, 2.05) is 12.1 Å². The molecule has 0 N–H and O–H groups in total. The Hall–Kier alpha value is -6.00.